The lowest BCUT2D eigenvalue weighted by atomic mass is 10.1. The van der Waals surface area contributed by atoms with Crippen LogP contribution in [0, 0.1) is 10.1 Å². The third-order valence-electron chi connectivity index (χ3n) is 5.82. The summed E-state index contributed by atoms with van der Waals surface area (Å²) in [6.45, 7) is 1.60. The third kappa shape index (κ3) is 7.68. The van der Waals surface area contributed by atoms with Gasteiger partial charge in [-0.3, -0.25) is 10.1 Å². The Morgan fingerprint density at radius 3 is 2.47 bits per heavy atom. The van der Waals surface area contributed by atoms with Crippen molar-refractivity contribution in [3.63, 3.8) is 0 Å². The summed E-state index contributed by atoms with van der Waals surface area (Å²) in [5, 5.41) is 14.0. The van der Waals surface area contributed by atoms with E-state index in [1.807, 2.05) is 0 Å². The lowest BCUT2D eigenvalue weighted by Gasteiger charge is -2.28. The number of benzene rings is 2. The number of nitro groups is 1. The molecule has 0 aliphatic carbocycles. The second-order valence-electron chi connectivity index (χ2n) is 8.39. The fourth-order valence-corrected chi connectivity index (χ4v) is 5.16. The Hall–Kier alpha value is -3.64. The maximum Gasteiger partial charge on any atom is 0.408 e. The van der Waals surface area contributed by atoms with Gasteiger partial charge in [0.2, 0.25) is 0 Å². The minimum atomic E-state index is -4.36. The second-order valence-corrected chi connectivity index (χ2v) is 10.7. The molecule has 2 aromatic rings. The summed E-state index contributed by atoms with van der Waals surface area (Å²) in [4.78, 5) is 71.3. The van der Waals surface area contributed by atoms with Crippen LogP contribution in [0.2, 0.25) is 0 Å². The molecule has 1 aliphatic rings. The van der Waals surface area contributed by atoms with Crippen LogP contribution in [0.15, 0.2) is 48.5 Å². The van der Waals surface area contributed by atoms with Crippen LogP contribution in [0.25, 0.3) is 0 Å². The van der Waals surface area contributed by atoms with E-state index in [2.05, 4.69) is 10.1 Å². The number of anilines is 1. The molecule has 1 aliphatic heterocycles. The summed E-state index contributed by atoms with van der Waals surface area (Å²) >= 11 is 0. The van der Waals surface area contributed by atoms with E-state index in [0.29, 0.717) is 37.6 Å². The predicted octanol–water partition coefficient (Wildman–Crippen LogP) is 2.26. The molecule has 14 heteroatoms. The number of esters is 1. The number of amides is 1. The molecule has 0 unspecified atom stereocenters. The zero-order valence-electron chi connectivity index (χ0n) is 20.6. The van der Waals surface area contributed by atoms with Crippen LogP contribution in [-0.2, 0) is 25.6 Å². The van der Waals surface area contributed by atoms with Gasteiger partial charge in [0.05, 0.1) is 30.8 Å². The summed E-state index contributed by atoms with van der Waals surface area (Å²) in [7, 11) is -3.27. The van der Waals surface area contributed by atoms with Gasteiger partial charge in [-0.15, -0.1) is 0 Å². The number of rotatable bonds is 11. The van der Waals surface area contributed by atoms with Crippen LogP contribution in [0.4, 0.5) is 16.2 Å². The number of alkyl carbamates (subject to hydrolysis) is 1. The van der Waals surface area contributed by atoms with E-state index in [9.17, 15) is 34.3 Å². The number of carbonyl (C=O) groups is 3. The molecule has 2 aromatic carbocycles. The Kier molecular flexibility index (Phi) is 10.1. The molecule has 1 heterocycles. The maximum atomic E-state index is 12.9. The Labute approximate surface area is 218 Å². The third-order valence-corrected chi connectivity index (χ3v) is 7.61. The van der Waals surface area contributed by atoms with Crippen molar-refractivity contribution < 1.29 is 43.3 Å². The Morgan fingerprint density at radius 2 is 1.84 bits per heavy atom. The maximum absolute atomic E-state index is 12.9. The van der Waals surface area contributed by atoms with Crippen LogP contribution in [0.3, 0.4) is 0 Å². The zero-order chi connectivity index (χ0) is 27.7. The summed E-state index contributed by atoms with van der Waals surface area (Å²) in [6.07, 6.45) is -1.87. The standard InChI is InChI=1S/C24H28N3O10P/c1-35-22(28)19(25-24(30)37-16-17-5-3-2-4-6-17)9-14-38(33,34)23(29)18-7-8-20(21(15-18)27(31)32)26-10-12-36-13-11-26/h2-8,15,19,33-34H,9-14,16H2,1H3/p+1/t19-/m0/s1. The first-order valence-corrected chi connectivity index (χ1v) is 13.5. The van der Waals surface area contributed by atoms with E-state index in [1.165, 1.54) is 12.1 Å². The minimum absolute atomic E-state index is 0.0603. The van der Waals surface area contributed by atoms with Gasteiger partial charge in [0.15, 0.2) is 0 Å². The highest BCUT2D eigenvalue weighted by Crippen LogP contribution is 2.54. The van der Waals surface area contributed by atoms with Crippen molar-refractivity contribution in [2.24, 2.45) is 0 Å². The van der Waals surface area contributed by atoms with Crippen LogP contribution in [0.5, 0.6) is 0 Å². The van der Waals surface area contributed by atoms with Crippen LogP contribution in [-0.4, -0.2) is 77.9 Å². The quantitative estimate of drug-likeness (QED) is 0.162. The van der Waals surface area contributed by atoms with Crippen molar-refractivity contribution in [2.45, 2.75) is 19.1 Å². The number of nitrogens with one attached hydrogen (secondary N) is 1. The first-order valence-electron chi connectivity index (χ1n) is 11.7. The molecule has 204 valence electrons. The molecule has 3 rings (SSSR count). The first kappa shape index (κ1) is 28.9. The molecule has 0 bridgehead atoms. The molecular formula is C24H29N3O10P+. The molecular weight excluding hydrogens is 521 g/mol. The van der Waals surface area contributed by atoms with Crippen molar-refractivity contribution in [3.05, 3.63) is 69.8 Å². The van der Waals surface area contributed by atoms with Crippen molar-refractivity contribution in [3.8, 4) is 0 Å². The van der Waals surface area contributed by atoms with E-state index >= 15 is 0 Å². The monoisotopic (exact) mass is 550 g/mol. The number of ether oxygens (including phenoxy) is 3. The number of nitrogens with zero attached hydrogens (tertiary/aromatic N) is 2. The largest absolute Gasteiger partial charge is 0.467 e. The van der Waals surface area contributed by atoms with E-state index in [0.717, 1.165) is 13.2 Å². The molecule has 0 saturated carbocycles. The summed E-state index contributed by atoms with van der Waals surface area (Å²) < 4.78 is 15.0. The summed E-state index contributed by atoms with van der Waals surface area (Å²) in [6, 6.07) is 11.2. The van der Waals surface area contributed by atoms with E-state index in [-0.39, 0.29) is 24.3 Å². The highest BCUT2D eigenvalue weighted by molar-refractivity contribution is 7.81. The second kappa shape index (κ2) is 13.2. The van der Waals surface area contributed by atoms with Crippen LogP contribution >= 0.6 is 7.72 Å². The van der Waals surface area contributed by atoms with Crippen molar-refractivity contribution in [1.29, 1.82) is 0 Å². The van der Waals surface area contributed by atoms with Gasteiger partial charge in [-0.05, 0) is 17.7 Å². The highest BCUT2D eigenvalue weighted by atomic mass is 31.2. The molecule has 38 heavy (non-hydrogen) atoms. The Morgan fingerprint density at radius 1 is 1.16 bits per heavy atom. The molecule has 0 aromatic heterocycles. The summed E-state index contributed by atoms with van der Waals surface area (Å²) in [5.74, 6) is -0.875. The molecule has 1 saturated heterocycles. The first-order chi connectivity index (χ1) is 18.1. The molecule has 1 fully saturated rings. The molecule has 13 nitrogen and oxygen atoms in total. The van der Waals surface area contributed by atoms with Gasteiger partial charge in [-0.25, -0.2) is 24.2 Å². The number of hydrogen-bond donors (Lipinski definition) is 3. The molecule has 0 spiro atoms. The van der Waals surface area contributed by atoms with Crippen LogP contribution in [0.1, 0.15) is 22.3 Å². The number of methoxy groups -OCH3 is 1. The van der Waals surface area contributed by atoms with Gasteiger partial charge in [0.25, 0.3) is 5.69 Å². The average molecular weight is 550 g/mol. The number of carbonyl (C=O) groups excluding carboxylic acids is 3. The SMILES string of the molecule is COC(=O)[C@H](CC[P+](O)(O)C(=O)c1ccc(N2CCOCC2)c([N+](=O)[O-])c1)NC(=O)OCc1ccccc1. The summed E-state index contributed by atoms with van der Waals surface area (Å²) in [5.41, 5.74) is -0.694. The van der Waals surface area contributed by atoms with Crippen molar-refractivity contribution in [1.82, 2.24) is 5.32 Å². The van der Waals surface area contributed by atoms with E-state index in [1.54, 1.807) is 35.2 Å². The Balaban J connectivity index is 1.67. The topological polar surface area (TPSA) is 178 Å². The van der Waals surface area contributed by atoms with Gasteiger partial charge >= 0.3 is 25.3 Å². The van der Waals surface area contributed by atoms with E-state index in [4.69, 9.17) is 9.47 Å². The molecule has 0 radical (unpaired) electrons. The number of morpholine rings is 1. The highest BCUT2D eigenvalue weighted by Gasteiger charge is 2.46. The minimum Gasteiger partial charge on any atom is -0.467 e. The van der Waals surface area contributed by atoms with Gasteiger partial charge in [-0.1, -0.05) is 30.3 Å². The van der Waals surface area contributed by atoms with Crippen LogP contribution < -0.4 is 10.2 Å². The fraction of sp³-hybridized carbons (Fsp3) is 0.375. The molecule has 3 N–H and O–H groups in total. The van der Waals surface area contributed by atoms with Crippen molar-refractivity contribution in [2.75, 3.05) is 44.5 Å². The smallest absolute Gasteiger partial charge is 0.408 e. The molecule has 1 amide bonds. The number of nitro benzene ring substituents is 1. The predicted molar refractivity (Wildman–Crippen MR) is 137 cm³/mol. The normalized spacial score (nSPS) is 14.3. The van der Waals surface area contributed by atoms with Gasteiger partial charge < -0.3 is 24.4 Å². The zero-order valence-corrected chi connectivity index (χ0v) is 21.5. The van der Waals surface area contributed by atoms with Crippen molar-refractivity contribution >= 4 is 36.7 Å². The lowest BCUT2D eigenvalue weighted by molar-refractivity contribution is -0.384. The number of hydrogen-bond acceptors (Lipinski definition) is 11. The Bertz CT molecular complexity index is 1160. The van der Waals surface area contributed by atoms with Gasteiger partial charge in [0, 0.05) is 25.6 Å². The van der Waals surface area contributed by atoms with E-state index < -0.39 is 42.4 Å². The lowest BCUT2D eigenvalue weighted by Crippen LogP contribution is -2.42. The van der Waals surface area contributed by atoms with Gasteiger partial charge in [-0.2, -0.15) is 0 Å². The average Bonchev–Trinajstić information content (AvgIpc) is 2.94. The molecule has 1 atom stereocenters. The fourth-order valence-electron chi connectivity index (χ4n) is 3.79. The van der Waals surface area contributed by atoms with Gasteiger partial charge in [0.1, 0.15) is 24.5 Å².